The van der Waals surface area contributed by atoms with Crippen LogP contribution in [0.25, 0.3) is 6.08 Å². The Morgan fingerprint density at radius 2 is 1.67 bits per heavy atom. The fourth-order valence-electron chi connectivity index (χ4n) is 1.90. The minimum atomic E-state index is -0.0945. The Morgan fingerprint density at radius 1 is 1.07 bits per heavy atom. The SMILES string of the molecule is C=Cc1ccccc1.C[SiH]1CCCCC1. The molecule has 1 saturated heterocycles. The standard InChI is InChI=1S/C8H8.C6H14Si/c1-2-8-6-4-3-5-7-8;1-7-5-3-2-4-6-7/h2-7H,1H2;7H,2-6H2,1H3. The average Bonchev–Trinajstić information content (AvgIpc) is 2.32. The summed E-state index contributed by atoms with van der Waals surface area (Å²) in [4.78, 5) is 0. The van der Waals surface area contributed by atoms with Gasteiger partial charge in [0.1, 0.15) is 0 Å². The van der Waals surface area contributed by atoms with Crippen molar-refractivity contribution in [3.05, 3.63) is 42.5 Å². The maximum Gasteiger partial charge on any atom is 0.0336 e. The highest BCUT2D eigenvalue weighted by molar-refractivity contribution is 6.57. The van der Waals surface area contributed by atoms with Crippen LogP contribution < -0.4 is 0 Å². The van der Waals surface area contributed by atoms with Crippen LogP contribution in [0.5, 0.6) is 0 Å². The molecule has 0 aromatic heterocycles. The third kappa shape index (κ3) is 5.58. The van der Waals surface area contributed by atoms with Gasteiger partial charge in [-0.3, -0.25) is 0 Å². The zero-order chi connectivity index (χ0) is 10.9. The van der Waals surface area contributed by atoms with E-state index in [0.717, 1.165) is 0 Å². The molecule has 2 rings (SSSR count). The van der Waals surface area contributed by atoms with E-state index in [1.807, 2.05) is 36.4 Å². The molecule has 0 unspecified atom stereocenters. The van der Waals surface area contributed by atoms with Crippen LogP contribution in [-0.2, 0) is 0 Å². The van der Waals surface area contributed by atoms with E-state index in [4.69, 9.17) is 0 Å². The molecular formula is C14H22Si. The summed E-state index contributed by atoms with van der Waals surface area (Å²) in [5.41, 5.74) is 1.17. The van der Waals surface area contributed by atoms with Crippen LogP contribution in [0.4, 0.5) is 0 Å². The molecule has 1 aromatic carbocycles. The molecule has 0 nitrogen and oxygen atoms in total. The van der Waals surface area contributed by atoms with E-state index in [0.29, 0.717) is 0 Å². The molecule has 0 aliphatic carbocycles. The number of benzene rings is 1. The van der Waals surface area contributed by atoms with Gasteiger partial charge in [0.25, 0.3) is 0 Å². The van der Waals surface area contributed by atoms with Gasteiger partial charge in [0.2, 0.25) is 0 Å². The summed E-state index contributed by atoms with van der Waals surface area (Å²) < 4.78 is 0. The molecule has 0 spiro atoms. The van der Waals surface area contributed by atoms with E-state index in [1.54, 1.807) is 24.9 Å². The van der Waals surface area contributed by atoms with Crippen LogP contribution in [-0.4, -0.2) is 8.80 Å². The van der Waals surface area contributed by atoms with E-state index in [1.165, 1.54) is 12.0 Å². The Kier molecular flexibility index (Phi) is 6.10. The van der Waals surface area contributed by atoms with Gasteiger partial charge in [-0.2, -0.15) is 0 Å². The number of hydrogen-bond donors (Lipinski definition) is 0. The molecule has 1 aliphatic rings. The van der Waals surface area contributed by atoms with Gasteiger partial charge in [0, 0.05) is 8.80 Å². The van der Waals surface area contributed by atoms with Crippen LogP contribution in [0.2, 0.25) is 18.6 Å². The monoisotopic (exact) mass is 218 g/mol. The maximum absolute atomic E-state index is 3.63. The van der Waals surface area contributed by atoms with Gasteiger partial charge in [0.05, 0.1) is 0 Å². The van der Waals surface area contributed by atoms with E-state index >= 15 is 0 Å². The predicted molar refractivity (Wildman–Crippen MR) is 73.0 cm³/mol. The van der Waals surface area contributed by atoms with Gasteiger partial charge in [-0.25, -0.2) is 0 Å². The fourth-order valence-corrected chi connectivity index (χ4v) is 4.16. The maximum atomic E-state index is 3.63. The zero-order valence-corrected chi connectivity index (χ0v) is 10.9. The van der Waals surface area contributed by atoms with Crippen molar-refractivity contribution in [2.24, 2.45) is 0 Å². The molecule has 1 fully saturated rings. The molecule has 0 atom stereocenters. The second-order valence-corrected chi connectivity index (χ2v) is 7.72. The quantitative estimate of drug-likeness (QED) is 0.615. The van der Waals surface area contributed by atoms with Crippen LogP contribution in [0.3, 0.4) is 0 Å². The molecule has 1 heteroatoms. The summed E-state index contributed by atoms with van der Waals surface area (Å²) in [6.45, 7) is 6.13. The third-order valence-corrected chi connectivity index (χ3v) is 5.72. The second kappa shape index (κ2) is 7.47. The highest BCUT2D eigenvalue weighted by Gasteiger charge is 2.07. The van der Waals surface area contributed by atoms with Gasteiger partial charge in [-0.1, -0.05) is 80.9 Å². The summed E-state index contributed by atoms with van der Waals surface area (Å²) in [7, 11) is -0.0945. The Morgan fingerprint density at radius 3 is 2.00 bits per heavy atom. The number of rotatable bonds is 1. The highest BCUT2D eigenvalue weighted by atomic mass is 28.3. The van der Waals surface area contributed by atoms with Crippen molar-refractivity contribution >= 4 is 14.9 Å². The number of hydrogen-bond acceptors (Lipinski definition) is 0. The van der Waals surface area contributed by atoms with Gasteiger partial charge in [-0.05, 0) is 5.56 Å². The summed E-state index contributed by atoms with van der Waals surface area (Å²) in [6.07, 6.45) is 6.46. The molecule has 0 radical (unpaired) electrons. The van der Waals surface area contributed by atoms with Crippen molar-refractivity contribution in [2.45, 2.75) is 37.9 Å². The van der Waals surface area contributed by atoms with Crippen molar-refractivity contribution in [1.82, 2.24) is 0 Å². The lowest BCUT2D eigenvalue weighted by atomic mass is 10.2. The summed E-state index contributed by atoms with van der Waals surface area (Å²) >= 11 is 0. The van der Waals surface area contributed by atoms with E-state index in [2.05, 4.69) is 13.1 Å². The summed E-state index contributed by atoms with van der Waals surface area (Å²) in [5, 5.41) is 0. The van der Waals surface area contributed by atoms with E-state index < -0.39 is 0 Å². The van der Waals surface area contributed by atoms with Crippen molar-refractivity contribution in [1.29, 1.82) is 0 Å². The topological polar surface area (TPSA) is 0 Å². The van der Waals surface area contributed by atoms with Gasteiger partial charge in [0.15, 0.2) is 0 Å². The minimum absolute atomic E-state index is 0.0945. The first kappa shape index (κ1) is 12.2. The lowest BCUT2D eigenvalue weighted by Crippen LogP contribution is -2.09. The fraction of sp³-hybridized carbons (Fsp3) is 0.429. The Hall–Kier alpha value is -0.823. The second-order valence-electron chi connectivity index (χ2n) is 4.36. The molecule has 15 heavy (non-hydrogen) atoms. The molecule has 1 heterocycles. The van der Waals surface area contributed by atoms with Gasteiger partial charge >= 0.3 is 0 Å². The smallest absolute Gasteiger partial charge is 0.0336 e. The molecule has 0 bridgehead atoms. The van der Waals surface area contributed by atoms with Crippen molar-refractivity contribution in [3.63, 3.8) is 0 Å². The predicted octanol–water partition coefficient (Wildman–Crippen LogP) is 4.36. The van der Waals surface area contributed by atoms with E-state index in [9.17, 15) is 0 Å². The first-order valence-corrected chi connectivity index (χ1v) is 8.79. The molecule has 82 valence electrons. The molecule has 0 N–H and O–H groups in total. The Labute approximate surface area is 95.6 Å². The Balaban J connectivity index is 0.000000151. The highest BCUT2D eigenvalue weighted by Crippen LogP contribution is 2.17. The molecular weight excluding hydrogens is 196 g/mol. The van der Waals surface area contributed by atoms with Crippen molar-refractivity contribution in [2.75, 3.05) is 0 Å². The van der Waals surface area contributed by atoms with E-state index in [-0.39, 0.29) is 8.80 Å². The molecule has 1 aromatic rings. The third-order valence-electron chi connectivity index (χ3n) is 2.93. The lowest BCUT2D eigenvalue weighted by molar-refractivity contribution is 0.725. The normalized spacial score (nSPS) is 16.3. The van der Waals surface area contributed by atoms with Gasteiger partial charge < -0.3 is 0 Å². The average molecular weight is 218 g/mol. The van der Waals surface area contributed by atoms with Crippen LogP contribution in [0.1, 0.15) is 24.8 Å². The lowest BCUT2D eigenvalue weighted by Gasteiger charge is -2.14. The zero-order valence-electron chi connectivity index (χ0n) is 9.78. The molecule has 0 saturated carbocycles. The first-order valence-electron chi connectivity index (χ1n) is 6.00. The summed E-state index contributed by atoms with van der Waals surface area (Å²) in [6, 6.07) is 13.3. The minimum Gasteiger partial charge on any atom is -0.0985 e. The van der Waals surface area contributed by atoms with Gasteiger partial charge in [-0.15, -0.1) is 0 Å². The largest absolute Gasteiger partial charge is 0.0985 e. The van der Waals surface area contributed by atoms with Crippen LogP contribution in [0, 0.1) is 0 Å². The van der Waals surface area contributed by atoms with Crippen LogP contribution >= 0.6 is 0 Å². The first-order chi connectivity index (χ1) is 7.33. The Bertz CT molecular complexity index is 260. The molecule has 0 amide bonds. The molecule has 1 aliphatic heterocycles. The van der Waals surface area contributed by atoms with Crippen molar-refractivity contribution in [3.8, 4) is 0 Å². The van der Waals surface area contributed by atoms with Crippen LogP contribution in [0.15, 0.2) is 36.9 Å². The van der Waals surface area contributed by atoms with Crippen molar-refractivity contribution < 1.29 is 0 Å². The summed E-state index contributed by atoms with van der Waals surface area (Å²) in [5.74, 6) is 0.